The Morgan fingerprint density at radius 2 is 1.44 bits per heavy atom. The molecule has 0 bridgehead atoms. The van der Waals surface area contributed by atoms with E-state index in [1.54, 1.807) is 12.1 Å². The van der Waals surface area contributed by atoms with Gasteiger partial charge in [0.15, 0.2) is 9.84 Å². The number of halogens is 2. The second kappa shape index (κ2) is 14.1. The number of benzene rings is 2. The van der Waals surface area contributed by atoms with Crippen molar-refractivity contribution in [3.8, 4) is 0 Å². The van der Waals surface area contributed by atoms with Gasteiger partial charge >= 0.3 is 0 Å². The fourth-order valence-electron chi connectivity index (χ4n) is 6.53. The largest absolute Gasteiger partial charge is 0.353 e. The summed E-state index contributed by atoms with van der Waals surface area (Å²) in [6, 6.07) is 10.1. The van der Waals surface area contributed by atoms with Gasteiger partial charge in [-0.25, -0.2) is 29.9 Å². The first-order valence-corrected chi connectivity index (χ1v) is 18.6. The predicted molar refractivity (Wildman–Crippen MR) is 163 cm³/mol. The molecule has 2 aromatic carbocycles. The summed E-state index contributed by atoms with van der Waals surface area (Å²) in [6.07, 6.45) is 6.39. The van der Waals surface area contributed by atoms with Gasteiger partial charge in [0, 0.05) is 31.5 Å². The summed E-state index contributed by atoms with van der Waals surface area (Å²) in [5, 5.41) is 3.10. The third-order valence-corrected chi connectivity index (χ3v) is 11.5. The van der Waals surface area contributed by atoms with E-state index in [-0.39, 0.29) is 35.1 Å². The molecule has 0 radical (unpaired) electrons. The van der Waals surface area contributed by atoms with Crippen LogP contribution < -0.4 is 5.32 Å². The van der Waals surface area contributed by atoms with Gasteiger partial charge in [0.25, 0.3) is 0 Å². The number of carbonyl (C=O) groups is 1. The normalized spacial score (nSPS) is 19.7. The Hall–Kier alpha value is -2.41. The van der Waals surface area contributed by atoms with Gasteiger partial charge in [-0.15, -0.1) is 0 Å². The number of hydrogen-bond donors (Lipinski definition) is 1. The molecule has 2 atom stereocenters. The second-order valence-electron chi connectivity index (χ2n) is 12.2. The Balaban J connectivity index is 1.28. The molecule has 4 rings (SSSR count). The highest BCUT2D eigenvalue weighted by molar-refractivity contribution is 7.90. The molecule has 1 unspecified atom stereocenters. The molecule has 0 saturated carbocycles. The lowest BCUT2D eigenvalue weighted by Crippen LogP contribution is -2.45. The first kappa shape index (κ1) is 33.5. The fourth-order valence-corrected chi connectivity index (χ4v) is 8.04. The van der Waals surface area contributed by atoms with Gasteiger partial charge in [-0.05, 0) is 112 Å². The number of hydrogen-bond acceptors (Lipinski definition) is 6. The van der Waals surface area contributed by atoms with Crippen molar-refractivity contribution in [3.63, 3.8) is 0 Å². The lowest BCUT2D eigenvalue weighted by Gasteiger charge is -2.38. The van der Waals surface area contributed by atoms with Crippen molar-refractivity contribution in [1.29, 1.82) is 0 Å². The molecular weight excluding hydrogens is 596 g/mol. The minimum absolute atomic E-state index is 0.00649. The summed E-state index contributed by atoms with van der Waals surface area (Å²) < 4.78 is 77.1. The highest BCUT2D eigenvalue weighted by atomic mass is 32.2. The van der Waals surface area contributed by atoms with Crippen LogP contribution in [0.1, 0.15) is 56.1 Å². The summed E-state index contributed by atoms with van der Waals surface area (Å²) in [5.74, 6) is -0.924. The van der Waals surface area contributed by atoms with E-state index in [4.69, 9.17) is 0 Å². The first-order valence-electron chi connectivity index (χ1n) is 14.9. The molecule has 12 heteroatoms. The molecule has 2 aliphatic rings. The van der Waals surface area contributed by atoms with Crippen LogP contribution in [0.15, 0.2) is 47.4 Å². The number of sulfone groups is 1. The molecule has 2 fully saturated rings. The molecule has 1 amide bonds. The van der Waals surface area contributed by atoms with Crippen LogP contribution in [0, 0.1) is 23.5 Å². The molecule has 2 aliphatic heterocycles. The standard InChI is InChI=1S/C31H43F2N3O5S2/c1-22(34-31(37)18-23-4-6-29(7-5-23)42(2,38)39)24-8-13-35(14-9-24)15-12-30(26-19-27(32)21-28(33)20-26)25-10-16-36(17-11-25)43(3,40)41/h4-7,19-22,24-25,30H,8-18H2,1-3H3,(H,34,37)/t22?,30-/m1/s1. The first-order chi connectivity index (χ1) is 20.2. The number of carbonyl (C=O) groups excluding carboxylic acids is 1. The van der Waals surface area contributed by atoms with Crippen LogP contribution in [-0.4, -0.2) is 83.2 Å². The summed E-state index contributed by atoms with van der Waals surface area (Å²) in [6.45, 7) is 5.33. The third kappa shape index (κ3) is 9.54. The van der Waals surface area contributed by atoms with Crippen molar-refractivity contribution >= 4 is 25.8 Å². The fraction of sp³-hybridized carbons (Fsp3) is 0.581. The maximum Gasteiger partial charge on any atom is 0.224 e. The Labute approximate surface area is 254 Å². The molecule has 2 saturated heterocycles. The van der Waals surface area contributed by atoms with Crippen molar-refractivity contribution in [1.82, 2.24) is 14.5 Å². The van der Waals surface area contributed by atoms with Crippen molar-refractivity contribution in [2.24, 2.45) is 11.8 Å². The van der Waals surface area contributed by atoms with Gasteiger partial charge in [-0.1, -0.05) is 12.1 Å². The van der Waals surface area contributed by atoms with E-state index in [1.165, 1.54) is 34.8 Å². The minimum Gasteiger partial charge on any atom is -0.353 e. The van der Waals surface area contributed by atoms with E-state index in [2.05, 4.69) is 10.2 Å². The van der Waals surface area contributed by atoms with E-state index in [9.17, 15) is 30.4 Å². The van der Waals surface area contributed by atoms with Crippen LogP contribution in [0.25, 0.3) is 0 Å². The number of likely N-dealkylation sites (tertiary alicyclic amines) is 1. The van der Waals surface area contributed by atoms with Crippen LogP contribution in [0.2, 0.25) is 0 Å². The van der Waals surface area contributed by atoms with Crippen LogP contribution in [0.4, 0.5) is 8.78 Å². The highest BCUT2D eigenvalue weighted by Gasteiger charge is 2.32. The molecule has 0 aliphatic carbocycles. The van der Waals surface area contributed by atoms with E-state index in [0.717, 1.165) is 56.8 Å². The van der Waals surface area contributed by atoms with Gasteiger partial charge in [-0.2, -0.15) is 0 Å². The van der Waals surface area contributed by atoms with E-state index < -0.39 is 31.5 Å². The smallest absolute Gasteiger partial charge is 0.224 e. The number of rotatable bonds is 11. The minimum atomic E-state index is -3.28. The van der Waals surface area contributed by atoms with Crippen LogP contribution in [0.3, 0.4) is 0 Å². The molecule has 2 heterocycles. The van der Waals surface area contributed by atoms with Gasteiger partial charge in [-0.3, -0.25) is 4.79 Å². The topological polar surface area (TPSA) is 104 Å². The van der Waals surface area contributed by atoms with E-state index in [0.29, 0.717) is 37.4 Å². The average Bonchev–Trinajstić information content (AvgIpc) is 2.92. The van der Waals surface area contributed by atoms with E-state index in [1.807, 2.05) is 6.92 Å². The lowest BCUT2D eigenvalue weighted by molar-refractivity contribution is -0.121. The number of piperidine rings is 2. The summed E-state index contributed by atoms with van der Waals surface area (Å²) in [4.78, 5) is 15.3. The van der Waals surface area contributed by atoms with Gasteiger partial charge in [0.05, 0.1) is 17.6 Å². The zero-order valence-electron chi connectivity index (χ0n) is 25.1. The molecule has 0 spiro atoms. The van der Waals surface area contributed by atoms with Crippen LogP contribution >= 0.6 is 0 Å². The maximum atomic E-state index is 14.2. The quantitative estimate of drug-likeness (QED) is 0.399. The Morgan fingerprint density at radius 3 is 1.98 bits per heavy atom. The predicted octanol–water partition coefficient (Wildman–Crippen LogP) is 3.97. The molecule has 0 aromatic heterocycles. The second-order valence-corrected chi connectivity index (χ2v) is 16.2. The Kier molecular flexibility index (Phi) is 11.0. The highest BCUT2D eigenvalue weighted by Crippen LogP contribution is 2.37. The number of nitrogens with zero attached hydrogens (tertiary/aromatic N) is 2. The zero-order valence-corrected chi connectivity index (χ0v) is 26.8. The molecule has 2 aromatic rings. The lowest BCUT2D eigenvalue weighted by atomic mass is 9.78. The number of amides is 1. The number of nitrogens with one attached hydrogen (secondary N) is 1. The Morgan fingerprint density at radius 1 is 0.884 bits per heavy atom. The average molecular weight is 640 g/mol. The van der Waals surface area contributed by atoms with Crippen molar-refractivity contribution in [2.75, 3.05) is 45.2 Å². The maximum absolute atomic E-state index is 14.2. The van der Waals surface area contributed by atoms with Gasteiger partial charge in [0.1, 0.15) is 11.6 Å². The SMILES string of the molecule is CC(NC(=O)Cc1ccc(S(C)(=O)=O)cc1)C1CCN(CC[C@@H](c2cc(F)cc(F)c2)C2CCN(S(C)(=O)=O)CC2)CC1. The monoisotopic (exact) mass is 639 g/mol. The summed E-state index contributed by atoms with van der Waals surface area (Å²) >= 11 is 0. The molecular formula is C31H43F2N3O5S2. The van der Waals surface area contributed by atoms with Crippen LogP contribution in [-0.2, 0) is 31.1 Å². The Bertz CT molecular complexity index is 1450. The van der Waals surface area contributed by atoms with E-state index >= 15 is 0 Å². The van der Waals surface area contributed by atoms with Crippen LogP contribution in [0.5, 0.6) is 0 Å². The van der Waals surface area contributed by atoms with Gasteiger partial charge < -0.3 is 10.2 Å². The molecule has 8 nitrogen and oxygen atoms in total. The van der Waals surface area contributed by atoms with Crippen molar-refractivity contribution < 1.29 is 30.4 Å². The zero-order chi connectivity index (χ0) is 31.4. The number of sulfonamides is 1. The van der Waals surface area contributed by atoms with Crippen molar-refractivity contribution in [2.45, 2.75) is 62.3 Å². The van der Waals surface area contributed by atoms with Crippen molar-refractivity contribution in [3.05, 3.63) is 65.2 Å². The molecule has 238 valence electrons. The summed E-state index contributed by atoms with van der Waals surface area (Å²) in [7, 11) is -6.55. The third-order valence-electron chi connectivity index (χ3n) is 9.05. The van der Waals surface area contributed by atoms with Gasteiger partial charge in [0.2, 0.25) is 15.9 Å². The molecule has 1 N–H and O–H groups in total. The molecule has 43 heavy (non-hydrogen) atoms. The summed E-state index contributed by atoms with van der Waals surface area (Å²) in [5.41, 5.74) is 1.38.